The maximum Gasteiger partial charge on any atom is 0.201 e. The molecule has 0 fully saturated rings. The van der Waals surface area contributed by atoms with Gasteiger partial charge in [-0.1, -0.05) is 6.92 Å². The van der Waals surface area contributed by atoms with Crippen molar-refractivity contribution >= 4 is 7.37 Å². The van der Waals surface area contributed by atoms with Crippen LogP contribution in [0.2, 0.25) is 0 Å². The first-order valence-corrected chi connectivity index (χ1v) is 6.57. The molecule has 2 unspecified atom stereocenters. The van der Waals surface area contributed by atoms with Gasteiger partial charge >= 0.3 is 0 Å². The van der Waals surface area contributed by atoms with Crippen LogP contribution in [0.5, 0.6) is 0 Å². The highest BCUT2D eigenvalue weighted by Crippen LogP contribution is 2.43. The summed E-state index contributed by atoms with van der Waals surface area (Å²) < 4.78 is 11.4. The van der Waals surface area contributed by atoms with Gasteiger partial charge in [0.05, 0.1) is 0 Å². The molecule has 0 bridgehead atoms. The number of aliphatic hydroxyl groups is 2. The second-order valence-electron chi connectivity index (χ2n) is 3.45. The lowest BCUT2D eigenvalue weighted by molar-refractivity contribution is 0.266. The van der Waals surface area contributed by atoms with Gasteiger partial charge in [-0.25, -0.2) is 0 Å². The Balaban J connectivity index is 3.79. The Morgan fingerprint density at radius 2 is 1.92 bits per heavy atom. The summed E-state index contributed by atoms with van der Waals surface area (Å²) in [6.07, 6.45) is 1.36. The van der Waals surface area contributed by atoms with Crippen LogP contribution < -0.4 is 0 Å². The SMILES string of the molecule is CC(CCO)CP(=O)(O)CCCO. The second kappa shape index (κ2) is 6.55. The molecule has 0 heterocycles. The van der Waals surface area contributed by atoms with Crippen molar-refractivity contribution in [2.45, 2.75) is 19.8 Å². The van der Waals surface area contributed by atoms with Crippen molar-refractivity contribution in [1.29, 1.82) is 0 Å². The maximum absolute atomic E-state index is 11.4. The highest BCUT2D eigenvalue weighted by Gasteiger charge is 2.20. The van der Waals surface area contributed by atoms with Crippen LogP contribution in [0.25, 0.3) is 0 Å². The Kier molecular flexibility index (Phi) is 6.60. The zero-order chi connectivity index (χ0) is 10.3. The van der Waals surface area contributed by atoms with Gasteiger partial charge in [0.25, 0.3) is 0 Å². The molecule has 0 saturated heterocycles. The van der Waals surface area contributed by atoms with Crippen molar-refractivity contribution in [3.05, 3.63) is 0 Å². The second-order valence-corrected chi connectivity index (χ2v) is 5.95. The molecule has 0 saturated carbocycles. The lowest BCUT2D eigenvalue weighted by atomic mass is 10.1. The van der Waals surface area contributed by atoms with Crippen LogP contribution in [0.3, 0.4) is 0 Å². The molecule has 2 atom stereocenters. The third-order valence-corrected chi connectivity index (χ3v) is 4.09. The molecule has 3 N–H and O–H groups in total. The van der Waals surface area contributed by atoms with Crippen molar-refractivity contribution in [2.75, 3.05) is 25.5 Å². The van der Waals surface area contributed by atoms with Crippen LogP contribution in [-0.4, -0.2) is 40.6 Å². The molecule has 0 aromatic heterocycles. The maximum atomic E-state index is 11.4. The van der Waals surface area contributed by atoms with E-state index < -0.39 is 7.37 Å². The molecule has 0 amide bonds. The minimum Gasteiger partial charge on any atom is -0.396 e. The number of rotatable bonds is 7. The molecule has 0 aliphatic rings. The molecule has 0 aliphatic carbocycles. The summed E-state index contributed by atoms with van der Waals surface area (Å²) in [5.74, 6) is 0.0690. The van der Waals surface area contributed by atoms with E-state index in [1.807, 2.05) is 6.92 Å². The van der Waals surface area contributed by atoms with Crippen LogP contribution in [-0.2, 0) is 4.57 Å². The van der Waals surface area contributed by atoms with Crippen LogP contribution in [0.1, 0.15) is 19.8 Å². The Hall–Kier alpha value is 0.110. The predicted octanol–water partition coefficient (Wildman–Crippen LogP) is 0.658. The fourth-order valence-electron chi connectivity index (χ4n) is 1.21. The molecular weight excluding hydrogens is 191 g/mol. The van der Waals surface area contributed by atoms with E-state index in [4.69, 9.17) is 10.2 Å². The van der Waals surface area contributed by atoms with E-state index in [-0.39, 0.29) is 31.5 Å². The molecule has 0 aliphatic heterocycles. The standard InChI is InChI=1S/C8H19O4P/c1-8(3-5-10)7-13(11,12)6-2-4-9/h8-10H,2-7H2,1H3,(H,11,12). The van der Waals surface area contributed by atoms with E-state index in [2.05, 4.69) is 0 Å². The van der Waals surface area contributed by atoms with Crippen LogP contribution in [0, 0.1) is 5.92 Å². The molecule has 0 radical (unpaired) electrons. The lowest BCUT2D eigenvalue weighted by Crippen LogP contribution is -2.07. The summed E-state index contributed by atoms with van der Waals surface area (Å²) >= 11 is 0. The van der Waals surface area contributed by atoms with Crippen LogP contribution in [0.15, 0.2) is 0 Å². The summed E-state index contributed by atoms with van der Waals surface area (Å²) in [6.45, 7) is 1.86. The van der Waals surface area contributed by atoms with Crippen molar-refractivity contribution in [2.24, 2.45) is 5.92 Å². The third kappa shape index (κ3) is 7.20. The highest BCUT2D eigenvalue weighted by atomic mass is 31.2. The van der Waals surface area contributed by atoms with Crippen LogP contribution in [0.4, 0.5) is 0 Å². The number of hydrogen-bond donors (Lipinski definition) is 3. The van der Waals surface area contributed by atoms with Gasteiger partial charge in [0.2, 0.25) is 7.37 Å². The Bertz CT molecular complexity index is 172. The summed E-state index contributed by atoms with van der Waals surface area (Å²) in [5, 5.41) is 17.1. The zero-order valence-corrected chi connectivity index (χ0v) is 8.91. The van der Waals surface area contributed by atoms with Gasteiger partial charge in [0.1, 0.15) is 0 Å². The van der Waals surface area contributed by atoms with Crippen molar-refractivity contribution in [3.63, 3.8) is 0 Å². The minimum absolute atomic E-state index is 0.0427. The molecule has 4 nitrogen and oxygen atoms in total. The van der Waals surface area contributed by atoms with Gasteiger partial charge in [-0.3, -0.25) is 4.57 Å². The largest absolute Gasteiger partial charge is 0.396 e. The monoisotopic (exact) mass is 210 g/mol. The topological polar surface area (TPSA) is 77.8 Å². The summed E-state index contributed by atoms with van der Waals surface area (Å²) in [4.78, 5) is 9.41. The molecule has 5 heteroatoms. The van der Waals surface area contributed by atoms with E-state index in [1.54, 1.807) is 0 Å². The Morgan fingerprint density at radius 1 is 1.31 bits per heavy atom. The van der Waals surface area contributed by atoms with Gasteiger partial charge in [-0.2, -0.15) is 0 Å². The van der Waals surface area contributed by atoms with Gasteiger partial charge in [0, 0.05) is 25.5 Å². The quantitative estimate of drug-likeness (QED) is 0.539. The van der Waals surface area contributed by atoms with E-state index in [0.29, 0.717) is 12.8 Å². The molecule has 0 aromatic carbocycles. The molecular formula is C8H19O4P. The smallest absolute Gasteiger partial charge is 0.201 e. The normalized spacial score (nSPS) is 18.2. The third-order valence-electron chi connectivity index (χ3n) is 1.88. The summed E-state index contributed by atoms with van der Waals surface area (Å²) in [5.41, 5.74) is 0. The predicted molar refractivity (Wildman–Crippen MR) is 52.1 cm³/mol. The molecule has 0 aromatic rings. The Labute approximate surface area is 79.1 Å². The fraction of sp³-hybridized carbons (Fsp3) is 1.00. The van der Waals surface area contributed by atoms with Crippen molar-refractivity contribution < 1.29 is 19.7 Å². The first-order chi connectivity index (χ1) is 6.02. The number of hydrogen-bond acceptors (Lipinski definition) is 3. The average molecular weight is 210 g/mol. The van der Waals surface area contributed by atoms with E-state index in [1.165, 1.54) is 0 Å². The molecule has 80 valence electrons. The average Bonchev–Trinajstić information content (AvgIpc) is 2.00. The lowest BCUT2D eigenvalue weighted by Gasteiger charge is -2.15. The molecule has 13 heavy (non-hydrogen) atoms. The number of aliphatic hydroxyl groups excluding tert-OH is 2. The van der Waals surface area contributed by atoms with Crippen LogP contribution >= 0.6 is 7.37 Å². The fourth-order valence-corrected chi connectivity index (χ4v) is 3.18. The molecule has 0 spiro atoms. The minimum atomic E-state index is -3.07. The molecule has 0 rings (SSSR count). The van der Waals surface area contributed by atoms with Gasteiger partial charge < -0.3 is 15.1 Å². The van der Waals surface area contributed by atoms with Gasteiger partial charge in [-0.15, -0.1) is 0 Å². The summed E-state index contributed by atoms with van der Waals surface area (Å²) in [6, 6.07) is 0. The summed E-state index contributed by atoms with van der Waals surface area (Å²) in [7, 11) is -3.07. The highest BCUT2D eigenvalue weighted by molar-refractivity contribution is 7.57. The zero-order valence-electron chi connectivity index (χ0n) is 8.02. The van der Waals surface area contributed by atoms with Crippen molar-refractivity contribution in [3.8, 4) is 0 Å². The van der Waals surface area contributed by atoms with Gasteiger partial charge in [-0.05, 0) is 18.8 Å². The van der Waals surface area contributed by atoms with E-state index >= 15 is 0 Å². The van der Waals surface area contributed by atoms with E-state index in [0.717, 1.165) is 0 Å². The van der Waals surface area contributed by atoms with Gasteiger partial charge in [0.15, 0.2) is 0 Å². The van der Waals surface area contributed by atoms with E-state index in [9.17, 15) is 9.46 Å². The Morgan fingerprint density at radius 3 is 2.38 bits per heavy atom. The van der Waals surface area contributed by atoms with Crippen molar-refractivity contribution in [1.82, 2.24) is 0 Å². The first-order valence-electron chi connectivity index (χ1n) is 4.54. The first kappa shape index (κ1) is 13.1.